The van der Waals surface area contributed by atoms with E-state index in [0.29, 0.717) is 0 Å². The highest BCUT2D eigenvalue weighted by atomic mass is 79.9. The van der Waals surface area contributed by atoms with Gasteiger partial charge < -0.3 is 10.3 Å². The van der Waals surface area contributed by atoms with Gasteiger partial charge in [0.05, 0.1) is 0 Å². The number of fused-ring (bicyclic) bond motifs is 1. The first-order valence-electron chi connectivity index (χ1n) is 4.94. The number of hydrogen-bond acceptors (Lipinski definition) is 1. The number of aryl methyl sites for hydroxylation is 1. The lowest BCUT2D eigenvalue weighted by Gasteiger charge is -2.18. The van der Waals surface area contributed by atoms with Crippen LogP contribution in [-0.2, 0) is 12.6 Å². The van der Waals surface area contributed by atoms with Crippen molar-refractivity contribution < 1.29 is 0 Å². The van der Waals surface area contributed by atoms with E-state index in [0.717, 1.165) is 4.47 Å². The number of rotatable bonds is 1. The molecule has 1 aromatic heterocycles. The first-order chi connectivity index (χ1) is 6.91. The molecular formula is C12H15BrN2. The maximum atomic E-state index is 6.17. The molecule has 15 heavy (non-hydrogen) atoms. The minimum atomic E-state index is -0.316. The van der Waals surface area contributed by atoms with Crippen LogP contribution in [0, 0.1) is 0 Å². The summed E-state index contributed by atoms with van der Waals surface area (Å²) in [6.45, 7) is 4.06. The Morgan fingerprint density at radius 2 is 2.00 bits per heavy atom. The standard InChI is InChI=1S/C12H15BrN2/c1-12(2,14)8-7-15(3)10-6-4-5-9(13)11(8)10/h4-7H,14H2,1-3H3. The summed E-state index contributed by atoms with van der Waals surface area (Å²) in [5, 5.41) is 1.22. The fourth-order valence-electron chi connectivity index (χ4n) is 1.89. The third kappa shape index (κ3) is 1.70. The van der Waals surface area contributed by atoms with Gasteiger partial charge in [-0.05, 0) is 31.5 Å². The Morgan fingerprint density at radius 1 is 1.33 bits per heavy atom. The third-order valence-corrected chi connectivity index (χ3v) is 3.32. The van der Waals surface area contributed by atoms with E-state index < -0.39 is 0 Å². The van der Waals surface area contributed by atoms with E-state index in [1.165, 1.54) is 16.5 Å². The smallest absolute Gasteiger partial charge is 0.0492 e. The van der Waals surface area contributed by atoms with E-state index in [1.807, 2.05) is 27.0 Å². The lowest BCUT2D eigenvalue weighted by Crippen LogP contribution is -2.28. The number of aromatic nitrogens is 1. The van der Waals surface area contributed by atoms with Crippen LogP contribution >= 0.6 is 15.9 Å². The van der Waals surface area contributed by atoms with Crippen LogP contribution in [0.1, 0.15) is 19.4 Å². The summed E-state index contributed by atoms with van der Waals surface area (Å²) in [4.78, 5) is 0. The fourth-order valence-corrected chi connectivity index (χ4v) is 2.46. The van der Waals surface area contributed by atoms with Crippen LogP contribution in [0.5, 0.6) is 0 Å². The van der Waals surface area contributed by atoms with Gasteiger partial charge in [0.25, 0.3) is 0 Å². The van der Waals surface area contributed by atoms with Gasteiger partial charge in [0, 0.05) is 34.2 Å². The number of benzene rings is 1. The van der Waals surface area contributed by atoms with Gasteiger partial charge in [-0.15, -0.1) is 0 Å². The van der Waals surface area contributed by atoms with Crippen molar-refractivity contribution in [1.82, 2.24) is 4.57 Å². The topological polar surface area (TPSA) is 30.9 Å². The van der Waals surface area contributed by atoms with Gasteiger partial charge in [0.2, 0.25) is 0 Å². The van der Waals surface area contributed by atoms with Gasteiger partial charge in [-0.1, -0.05) is 22.0 Å². The van der Waals surface area contributed by atoms with Gasteiger partial charge in [0.15, 0.2) is 0 Å². The molecule has 2 rings (SSSR count). The molecule has 3 heteroatoms. The fraction of sp³-hybridized carbons (Fsp3) is 0.333. The number of halogens is 1. The van der Waals surface area contributed by atoms with E-state index in [9.17, 15) is 0 Å². The molecule has 0 aliphatic heterocycles. The second-order valence-corrected chi connectivity index (χ2v) is 5.36. The van der Waals surface area contributed by atoms with E-state index >= 15 is 0 Å². The molecule has 0 atom stereocenters. The van der Waals surface area contributed by atoms with E-state index in [4.69, 9.17) is 5.73 Å². The summed E-state index contributed by atoms with van der Waals surface area (Å²) >= 11 is 3.58. The molecule has 2 nitrogen and oxygen atoms in total. The molecule has 0 saturated heterocycles. The Balaban J connectivity index is 2.88. The molecule has 80 valence electrons. The molecule has 1 aromatic carbocycles. The quantitative estimate of drug-likeness (QED) is 0.845. The van der Waals surface area contributed by atoms with Crippen LogP contribution < -0.4 is 5.73 Å². The summed E-state index contributed by atoms with van der Waals surface area (Å²) < 4.78 is 3.22. The highest BCUT2D eigenvalue weighted by Crippen LogP contribution is 2.33. The minimum absolute atomic E-state index is 0.316. The van der Waals surface area contributed by atoms with Crippen LogP contribution in [0.25, 0.3) is 10.9 Å². The normalized spacial score (nSPS) is 12.3. The molecule has 0 spiro atoms. The van der Waals surface area contributed by atoms with Crippen molar-refractivity contribution >= 4 is 26.8 Å². The van der Waals surface area contributed by atoms with Gasteiger partial charge in [-0.3, -0.25) is 0 Å². The predicted octanol–water partition coefficient (Wildman–Crippen LogP) is 3.13. The van der Waals surface area contributed by atoms with Crippen LogP contribution in [0.15, 0.2) is 28.9 Å². The third-order valence-electron chi connectivity index (χ3n) is 2.66. The monoisotopic (exact) mass is 266 g/mol. The summed E-state index contributed by atoms with van der Waals surface area (Å²) in [5.41, 5.74) is 8.23. The van der Waals surface area contributed by atoms with Gasteiger partial charge in [-0.2, -0.15) is 0 Å². The Kier molecular flexibility index (Phi) is 2.40. The van der Waals surface area contributed by atoms with E-state index in [-0.39, 0.29) is 5.54 Å². The van der Waals surface area contributed by atoms with Crippen molar-refractivity contribution in [3.05, 3.63) is 34.4 Å². The Morgan fingerprint density at radius 3 is 2.60 bits per heavy atom. The van der Waals surface area contributed by atoms with Crippen LogP contribution in [0.3, 0.4) is 0 Å². The number of hydrogen-bond donors (Lipinski definition) is 1. The minimum Gasteiger partial charge on any atom is -0.350 e. The van der Waals surface area contributed by atoms with Crippen LogP contribution in [0.4, 0.5) is 0 Å². The highest BCUT2D eigenvalue weighted by molar-refractivity contribution is 9.10. The first kappa shape index (κ1) is 10.7. The molecule has 0 fully saturated rings. The zero-order valence-electron chi connectivity index (χ0n) is 9.21. The molecule has 0 saturated carbocycles. The zero-order chi connectivity index (χ0) is 11.2. The SMILES string of the molecule is Cn1cc(C(C)(C)N)c2c(Br)cccc21. The average Bonchev–Trinajstić information content (AvgIpc) is 2.45. The average molecular weight is 267 g/mol. The molecule has 0 aliphatic carbocycles. The molecular weight excluding hydrogens is 252 g/mol. The number of nitrogens with two attached hydrogens (primary N) is 1. The van der Waals surface area contributed by atoms with Crippen molar-refractivity contribution in [2.45, 2.75) is 19.4 Å². The summed E-state index contributed by atoms with van der Waals surface area (Å²) in [6.07, 6.45) is 2.11. The van der Waals surface area contributed by atoms with Crippen molar-refractivity contribution in [2.24, 2.45) is 12.8 Å². The van der Waals surface area contributed by atoms with Crippen molar-refractivity contribution in [3.8, 4) is 0 Å². The molecule has 0 unspecified atom stereocenters. The molecule has 1 heterocycles. The molecule has 0 bridgehead atoms. The van der Waals surface area contributed by atoms with E-state index in [2.05, 4.69) is 38.8 Å². The van der Waals surface area contributed by atoms with Crippen LogP contribution in [-0.4, -0.2) is 4.57 Å². The lowest BCUT2D eigenvalue weighted by molar-refractivity contribution is 0.557. The number of nitrogens with zero attached hydrogens (tertiary/aromatic N) is 1. The van der Waals surface area contributed by atoms with Crippen molar-refractivity contribution in [1.29, 1.82) is 0 Å². The predicted molar refractivity (Wildman–Crippen MR) is 67.8 cm³/mol. The molecule has 0 radical (unpaired) electrons. The zero-order valence-corrected chi connectivity index (χ0v) is 10.8. The molecule has 0 amide bonds. The summed E-state index contributed by atoms with van der Waals surface area (Å²) in [7, 11) is 2.05. The van der Waals surface area contributed by atoms with Gasteiger partial charge in [-0.25, -0.2) is 0 Å². The lowest BCUT2D eigenvalue weighted by atomic mass is 9.95. The summed E-state index contributed by atoms with van der Waals surface area (Å²) in [6, 6.07) is 6.20. The Hall–Kier alpha value is -0.800. The van der Waals surface area contributed by atoms with Crippen molar-refractivity contribution in [3.63, 3.8) is 0 Å². The molecule has 2 aromatic rings. The Labute approximate surface area is 98.2 Å². The second kappa shape index (κ2) is 3.35. The maximum Gasteiger partial charge on any atom is 0.0492 e. The van der Waals surface area contributed by atoms with Crippen molar-refractivity contribution in [2.75, 3.05) is 0 Å². The molecule has 2 N–H and O–H groups in total. The van der Waals surface area contributed by atoms with E-state index in [1.54, 1.807) is 0 Å². The maximum absolute atomic E-state index is 6.17. The largest absolute Gasteiger partial charge is 0.350 e. The van der Waals surface area contributed by atoms with Crippen LogP contribution in [0.2, 0.25) is 0 Å². The second-order valence-electron chi connectivity index (χ2n) is 4.51. The van der Waals surface area contributed by atoms with Gasteiger partial charge >= 0.3 is 0 Å². The van der Waals surface area contributed by atoms with Gasteiger partial charge in [0.1, 0.15) is 0 Å². The molecule has 0 aliphatic rings. The Bertz CT molecular complexity index is 506. The first-order valence-corrected chi connectivity index (χ1v) is 5.73. The highest BCUT2D eigenvalue weighted by Gasteiger charge is 2.21. The summed E-state index contributed by atoms with van der Waals surface area (Å²) in [5.74, 6) is 0.